The van der Waals surface area contributed by atoms with Gasteiger partial charge in [0.1, 0.15) is 10.8 Å². The number of aromatic nitrogens is 1. The Balaban J connectivity index is 1.56. The summed E-state index contributed by atoms with van der Waals surface area (Å²) >= 11 is 6.33. The number of halogens is 1. The number of nitrogens with zero attached hydrogens (tertiary/aromatic N) is 1. The Morgan fingerprint density at radius 2 is 1.62 bits per heavy atom. The predicted molar refractivity (Wildman–Crippen MR) is 101 cm³/mol. The minimum absolute atomic E-state index is 0.308. The molecule has 2 saturated carbocycles. The van der Waals surface area contributed by atoms with Crippen molar-refractivity contribution in [2.45, 2.75) is 84.7 Å². The summed E-state index contributed by atoms with van der Waals surface area (Å²) in [5, 5.41) is 0.669. The number of hydrogen-bond acceptors (Lipinski definition) is 2. The number of rotatable bonds is 4. The first-order chi connectivity index (χ1) is 11.5. The van der Waals surface area contributed by atoms with Crippen LogP contribution in [0.4, 0.5) is 0 Å². The van der Waals surface area contributed by atoms with Crippen LogP contribution >= 0.6 is 11.6 Å². The molecule has 0 aliphatic heterocycles. The van der Waals surface area contributed by atoms with Crippen molar-refractivity contribution in [2.24, 2.45) is 17.3 Å². The summed E-state index contributed by atoms with van der Waals surface area (Å²) in [6, 6.07) is 1.90. The van der Waals surface area contributed by atoms with E-state index in [-0.39, 0.29) is 0 Å². The molecule has 2 fully saturated rings. The summed E-state index contributed by atoms with van der Waals surface area (Å²) in [4.78, 5) is 4.22. The Hall–Kier alpha value is -0.760. The lowest BCUT2D eigenvalue weighted by Crippen LogP contribution is -2.38. The van der Waals surface area contributed by atoms with Gasteiger partial charge in [-0.15, -0.1) is 0 Å². The molecule has 0 aromatic carbocycles. The Labute approximate surface area is 152 Å². The van der Waals surface area contributed by atoms with Crippen molar-refractivity contribution in [3.8, 4) is 5.75 Å². The average molecular weight is 350 g/mol. The molecule has 0 radical (unpaired) electrons. The van der Waals surface area contributed by atoms with E-state index in [1.807, 2.05) is 13.0 Å². The second-order valence-electron chi connectivity index (χ2n) is 8.46. The second kappa shape index (κ2) is 7.64. The van der Waals surface area contributed by atoms with Gasteiger partial charge in [0.15, 0.2) is 0 Å². The molecule has 1 heterocycles. The predicted octanol–water partition coefficient (Wildman–Crippen LogP) is 6.59. The molecule has 2 aliphatic carbocycles. The Kier molecular flexibility index (Phi) is 5.74. The maximum Gasteiger partial charge on any atom is 0.141 e. The highest BCUT2D eigenvalue weighted by Crippen LogP contribution is 2.48. The molecule has 0 amide bonds. The third-order valence-electron chi connectivity index (χ3n) is 6.71. The Morgan fingerprint density at radius 1 is 1.00 bits per heavy atom. The largest absolute Gasteiger partial charge is 0.489 e. The van der Waals surface area contributed by atoms with E-state index in [9.17, 15) is 0 Å². The summed E-state index contributed by atoms with van der Waals surface area (Å²) < 4.78 is 6.20. The molecule has 3 rings (SSSR count). The van der Waals surface area contributed by atoms with Gasteiger partial charge in [-0.2, -0.15) is 0 Å². The number of pyridine rings is 1. The minimum Gasteiger partial charge on any atom is -0.489 e. The summed E-state index contributed by atoms with van der Waals surface area (Å²) in [6.45, 7) is 6.98. The minimum atomic E-state index is 0.308. The highest BCUT2D eigenvalue weighted by atomic mass is 35.5. The van der Waals surface area contributed by atoms with Crippen molar-refractivity contribution in [1.29, 1.82) is 0 Å². The molecular weight excluding hydrogens is 318 g/mol. The maximum absolute atomic E-state index is 6.33. The first-order valence-corrected chi connectivity index (χ1v) is 10.1. The molecule has 134 valence electrons. The van der Waals surface area contributed by atoms with Crippen LogP contribution in [0.2, 0.25) is 5.02 Å². The molecule has 3 heteroatoms. The lowest BCUT2D eigenvalue weighted by Gasteiger charge is -2.45. The molecule has 2 nitrogen and oxygen atoms in total. The average Bonchev–Trinajstić information content (AvgIpc) is 2.60. The van der Waals surface area contributed by atoms with E-state index in [4.69, 9.17) is 16.3 Å². The van der Waals surface area contributed by atoms with Crippen LogP contribution in [0.5, 0.6) is 5.75 Å². The molecule has 1 aromatic rings. The molecule has 0 N–H and O–H groups in total. The lowest BCUT2D eigenvalue weighted by molar-refractivity contribution is 0.0290. The van der Waals surface area contributed by atoms with Gasteiger partial charge in [-0.3, -0.25) is 4.98 Å². The lowest BCUT2D eigenvalue weighted by atomic mass is 9.61. The van der Waals surface area contributed by atoms with Crippen molar-refractivity contribution in [3.63, 3.8) is 0 Å². The van der Waals surface area contributed by atoms with Crippen LogP contribution in [0.15, 0.2) is 12.3 Å². The summed E-state index contributed by atoms with van der Waals surface area (Å²) in [7, 11) is 0. The van der Waals surface area contributed by atoms with E-state index in [2.05, 4.69) is 18.8 Å². The monoisotopic (exact) mass is 349 g/mol. The third-order valence-corrected chi connectivity index (χ3v) is 7.17. The fourth-order valence-electron chi connectivity index (χ4n) is 4.90. The van der Waals surface area contributed by atoms with Gasteiger partial charge in [0.2, 0.25) is 0 Å². The number of ether oxygens (including phenoxy) is 1. The summed E-state index contributed by atoms with van der Waals surface area (Å²) in [6.07, 6.45) is 14.2. The van der Waals surface area contributed by atoms with Crippen LogP contribution in [-0.2, 0) is 0 Å². The number of aryl methyl sites for hydroxylation is 1. The van der Waals surface area contributed by atoms with Gasteiger partial charge < -0.3 is 4.74 Å². The molecule has 0 atom stereocenters. The highest BCUT2D eigenvalue weighted by molar-refractivity contribution is 6.32. The fraction of sp³-hybridized carbons (Fsp3) is 0.762. The van der Waals surface area contributed by atoms with Gasteiger partial charge in [0.05, 0.1) is 11.8 Å². The topological polar surface area (TPSA) is 22.1 Å². The zero-order valence-corrected chi connectivity index (χ0v) is 16.2. The molecule has 0 bridgehead atoms. The first-order valence-electron chi connectivity index (χ1n) is 9.76. The first kappa shape index (κ1) is 18.0. The molecule has 24 heavy (non-hydrogen) atoms. The second-order valence-corrected chi connectivity index (χ2v) is 8.83. The summed E-state index contributed by atoms with van der Waals surface area (Å²) in [5.41, 5.74) is 1.33. The highest BCUT2D eigenvalue weighted by Gasteiger charge is 2.39. The fourth-order valence-corrected chi connectivity index (χ4v) is 5.06. The van der Waals surface area contributed by atoms with Crippen molar-refractivity contribution in [1.82, 2.24) is 4.98 Å². The van der Waals surface area contributed by atoms with Crippen LogP contribution in [0.1, 0.15) is 77.3 Å². The van der Waals surface area contributed by atoms with E-state index < -0.39 is 0 Å². The van der Waals surface area contributed by atoms with Crippen LogP contribution in [0.3, 0.4) is 0 Å². The van der Waals surface area contributed by atoms with Gasteiger partial charge in [0, 0.05) is 12.3 Å². The van der Waals surface area contributed by atoms with Crippen molar-refractivity contribution >= 4 is 11.6 Å². The van der Waals surface area contributed by atoms with Crippen molar-refractivity contribution < 1.29 is 4.74 Å². The van der Waals surface area contributed by atoms with Gasteiger partial charge in [-0.25, -0.2) is 0 Å². The Bertz CT molecular complexity index is 543. The molecular formula is C21H32ClNO. The van der Waals surface area contributed by atoms with Gasteiger partial charge in [-0.1, -0.05) is 44.7 Å². The molecule has 0 saturated heterocycles. The van der Waals surface area contributed by atoms with Gasteiger partial charge in [0.25, 0.3) is 0 Å². The quantitative estimate of drug-likeness (QED) is 0.611. The molecule has 0 unspecified atom stereocenters. The van der Waals surface area contributed by atoms with Crippen LogP contribution < -0.4 is 4.74 Å². The van der Waals surface area contributed by atoms with E-state index in [0.29, 0.717) is 16.5 Å². The normalized spacial score (nSPS) is 26.3. The van der Waals surface area contributed by atoms with Gasteiger partial charge >= 0.3 is 0 Å². The Morgan fingerprint density at radius 3 is 2.29 bits per heavy atom. The standard InChI is InChI=1S/C21H32ClNO/c1-15-20(22)19(13-14-23-15)24-18-11-9-17(10-12-18)21(2,3)16-7-5-4-6-8-16/h13-14,16-18H,4-12H2,1-3H3/t17-,18+. The summed E-state index contributed by atoms with van der Waals surface area (Å²) in [5.74, 6) is 2.57. The van der Waals surface area contributed by atoms with E-state index in [0.717, 1.165) is 36.1 Å². The van der Waals surface area contributed by atoms with E-state index in [1.165, 1.54) is 44.9 Å². The van der Waals surface area contributed by atoms with Crippen LogP contribution in [-0.4, -0.2) is 11.1 Å². The van der Waals surface area contributed by atoms with E-state index >= 15 is 0 Å². The molecule has 1 aromatic heterocycles. The van der Waals surface area contributed by atoms with Crippen LogP contribution in [0.25, 0.3) is 0 Å². The zero-order valence-electron chi connectivity index (χ0n) is 15.5. The van der Waals surface area contributed by atoms with Crippen molar-refractivity contribution in [3.05, 3.63) is 23.0 Å². The maximum atomic E-state index is 6.33. The smallest absolute Gasteiger partial charge is 0.141 e. The van der Waals surface area contributed by atoms with Gasteiger partial charge in [-0.05, 0) is 62.7 Å². The molecule has 2 aliphatic rings. The number of hydrogen-bond donors (Lipinski definition) is 0. The third kappa shape index (κ3) is 3.90. The van der Waals surface area contributed by atoms with E-state index in [1.54, 1.807) is 6.20 Å². The molecule has 0 spiro atoms. The van der Waals surface area contributed by atoms with Crippen LogP contribution in [0, 0.1) is 24.2 Å². The zero-order chi connectivity index (χ0) is 17.2. The SMILES string of the molecule is Cc1nccc(O[C@H]2CC[C@@H](C(C)(C)C3CCCCC3)CC2)c1Cl. The van der Waals surface area contributed by atoms with Crippen molar-refractivity contribution in [2.75, 3.05) is 0 Å².